The number of terminal acetylenes is 1. The molecular formula is C9H17O3P. The average molecular weight is 204 g/mol. The van der Waals surface area contributed by atoms with Crippen LogP contribution in [0.4, 0.5) is 0 Å². The molecule has 0 unspecified atom stereocenters. The lowest BCUT2D eigenvalue weighted by molar-refractivity contribution is 0.207. The maximum Gasteiger partial charge on any atom is 0.342 e. The molecule has 0 saturated carbocycles. The number of rotatable bonds is 7. The van der Waals surface area contributed by atoms with E-state index in [1.807, 2.05) is 13.8 Å². The zero-order valence-corrected chi connectivity index (χ0v) is 9.18. The van der Waals surface area contributed by atoms with Gasteiger partial charge in [0.1, 0.15) is 6.16 Å². The van der Waals surface area contributed by atoms with Crippen molar-refractivity contribution in [2.24, 2.45) is 0 Å². The Bertz CT molecular complexity index is 195. The van der Waals surface area contributed by atoms with Gasteiger partial charge in [-0.15, -0.1) is 6.42 Å². The van der Waals surface area contributed by atoms with Crippen molar-refractivity contribution in [3.8, 4) is 12.3 Å². The zero-order chi connectivity index (χ0) is 10.2. The van der Waals surface area contributed by atoms with Gasteiger partial charge in [-0.25, -0.2) is 0 Å². The van der Waals surface area contributed by atoms with Crippen LogP contribution in [0, 0.1) is 12.3 Å². The van der Waals surface area contributed by atoms with Crippen molar-refractivity contribution in [3.63, 3.8) is 0 Å². The minimum absolute atomic E-state index is 0.0625. The topological polar surface area (TPSA) is 35.5 Å². The highest BCUT2D eigenvalue weighted by molar-refractivity contribution is 7.54. The van der Waals surface area contributed by atoms with Gasteiger partial charge in [0.05, 0.1) is 13.2 Å². The van der Waals surface area contributed by atoms with Crippen molar-refractivity contribution in [1.29, 1.82) is 0 Å². The minimum atomic E-state index is -2.99. The molecule has 0 fully saturated rings. The third-order valence-electron chi connectivity index (χ3n) is 1.27. The highest BCUT2D eigenvalue weighted by Gasteiger charge is 2.22. The third kappa shape index (κ3) is 5.87. The fourth-order valence-electron chi connectivity index (χ4n) is 0.701. The van der Waals surface area contributed by atoms with Crippen LogP contribution in [0.5, 0.6) is 0 Å². The van der Waals surface area contributed by atoms with Crippen molar-refractivity contribution >= 4 is 7.60 Å². The van der Waals surface area contributed by atoms with Gasteiger partial charge in [0.15, 0.2) is 0 Å². The normalized spacial score (nSPS) is 11.2. The van der Waals surface area contributed by atoms with Crippen molar-refractivity contribution in [2.45, 2.75) is 26.7 Å². The van der Waals surface area contributed by atoms with E-state index in [-0.39, 0.29) is 6.16 Å². The van der Waals surface area contributed by atoms with Crippen LogP contribution in [0.3, 0.4) is 0 Å². The molecule has 0 aromatic heterocycles. The van der Waals surface area contributed by atoms with Gasteiger partial charge in [-0.1, -0.05) is 19.8 Å². The molecule has 0 aliphatic heterocycles. The zero-order valence-electron chi connectivity index (χ0n) is 8.28. The summed E-state index contributed by atoms with van der Waals surface area (Å²) in [6.07, 6.45) is 6.76. The van der Waals surface area contributed by atoms with Crippen LogP contribution in [0.15, 0.2) is 0 Å². The lowest BCUT2D eigenvalue weighted by Gasteiger charge is -2.15. The Labute approximate surface area is 80.3 Å². The SMILES string of the molecule is C#CCP(=O)(OCCC)OCCC. The van der Waals surface area contributed by atoms with Crippen LogP contribution in [0.25, 0.3) is 0 Å². The van der Waals surface area contributed by atoms with Crippen molar-refractivity contribution in [1.82, 2.24) is 0 Å². The molecule has 4 heteroatoms. The molecule has 0 N–H and O–H groups in total. The van der Waals surface area contributed by atoms with Crippen LogP contribution in [0.1, 0.15) is 26.7 Å². The fraction of sp³-hybridized carbons (Fsp3) is 0.778. The predicted octanol–water partition coefficient (Wildman–Crippen LogP) is 2.67. The van der Waals surface area contributed by atoms with Crippen LogP contribution in [-0.2, 0) is 13.6 Å². The van der Waals surface area contributed by atoms with Crippen molar-refractivity contribution in [3.05, 3.63) is 0 Å². The quantitative estimate of drug-likeness (QED) is 0.472. The third-order valence-corrected chi connectivity index (χ3v) is 2.99. The maximum atomic E-state index is 11.7. The molecule has 76 valence electrons. The van der Waals surface area contributed by atoms with E-state index in [2.05, 4.69) is 5.92 Å². The van der Waals surface area contributed by atoms with E-state index in [4.69, 9.17) is 15.5 Å². The second-order valence-corrected chi connectivity index (χ2v) is 4.69. The molecule has 0 aliphatic rings. The Morgan fingerprint density at radius 2 is 1.69 bits per heavy atom. The highest BCUT2D eigenvalue weighted by atomic mass is 31.2. The Hall–Kier alpha value is -0.290. The van der Waals surface area contributed by atoms with E-state index in [0.29, 0.717) is 13.2 Å². The summed E-state index contributed by atoms with van der Waals surface area (Å²) in [6.45, 7) is 4.76. The lowest BCUT2D eigenvalue weighted by Crippen LogP contribution is -2.00. The van der Waals surface area contributed by atoms with Gasteiger partial charge in [0.25, 0.3) is 0 Å². The fourth-order valence-corrected chi connectivity index (χ4v) is 2.10. The first-order valence-corrected chi connectivity index (χ1v) is 6.23. The second-order valence-electron chi connectivity index (χ2n) is 2.64. The van der Waals surface area contributed by atoms with E-state index >= 15 is 0 Å². The van der Waals surface area contributed by atoms with E-state index in [1.54, 1.807) is 0 Å². The van der Waals surface area contributed by atoms with E-state index in [0.717, 1.165) is 12.8 Å². The van der Waals surface area contributed by atoms with Gasteiger partial charge < -0.3 is 9.05 Å². The van der Waals surface area contributed by atoms with Crippen LogP contribution < -0.4 is 0 Å². The molecule has 0 rings (SSSR count). The monoisotopic (exact) mass is 204 g/mol. The Morgan fingerprint density at radius 3 is 2.00 bits per heavy atom. The van der Waals surface area contributed by atoms with Crippen LogP contribution in [-0.4, -0.2) is 19.4 Å². The van der Waals surface area contributed by atoms with E-state index in [9.17, 15) is 4.57 Å². The smallest absolute Gasteiger partial charge is 0.308 e. The van der Waals surface area contributed by atoms with Gasteiger partial charge >= 0.3 is 7.60 Å². The molecule has 3 nitrogen and oxygen atoms in total. The van der Waals surface area contributed by atoms with Crippen LogP contribution in [0.2, 0.25) is 0 Å². The molecule has 0 radical (unpaired) electrons. The Balaban J connectivity index is 4.02. The molecule has 0 aromatic carbocycles. The summed E-state index contributed by atoms with van der Waals surface area (Å²) < 4.78 is 22.0. The standard InChI is InChI=1S/C9H17O3P/c1-4-7-11-13(10,9-6-3)12-8-5-2/h3H,4-5,7-9H2,1-2H3. The molecule has 0 aliphatic carbocycles. The molecule has 0 saturated heterocycles. The average Bonchev–Trinajstić information content (AvgIpc) is 2.12. The second kappa shape index (κ2) is 7.15. The molecule has 0 spiro atoms. The summed E-state index contributed by atoms with van der Waals surface area (Å²) in [5.74, 6) is 2.31. The Kier molecular flexibility index (Phi) is 6.99. The number of hydrogen-bond acceptors (Lipinski definition) is 3. The van der Waals surface area contributed by atoms with E-state index in [1.165, 1.54) is 0 Å². The first-order chi connectivity index (χ1) is 6.18. The summed E-state index contributed by atoms with van der Waals surface area (Å²) >= 11 is 0. The molecule has 0 heterocycles. The minimum Gasteiger partial charge on any atom is -0.308 e. The summed E-state index contributed by atoms with van der Waals surface area (Å²) in [6, 6.07) is 0. The molecule has 0 aromatic rings. The van der Waals surface area contributed by atoms with Gasteiger partial charge in [0.2, 0.25) is 0 Å². The maximum absolute atomic E-state index is 11.7. The molecule has 0 bridgehead atoms. The highest BCUT2D eigenvalue weighted by Crippen LogP contribution is 2.47. The van der Waals surface area contributed by atoms with Crippen LogP contribution >= 0.6 is 7.60 Å². The number of hydrogen-bond donors (Lipinski definition) is 0. The first kappa shape index (κ1) is 12.7. The Morgan fingerprint density at radius 1 is 1.23 bits per heavy atom. The predicted molar refractivity (Wildman–Crippen MR) is 53.8 cm³/mol. The molecule has 13 heavy (non-hydrogen) atoms. The summed E-state index contributed by atoms with van der Waals surface area (Å²) in [5, 5.41) is 0. The summed E-state index contributed by atoms with van der Waals surface area (Å²) in [5.41, 5.74) is 0. The van der Waals surface area contributed by atoms with Gasteiger partial charge in [-0.3, -0.25) is 4.57 Å². The van der Waals surface area contributed by atoms with Crippen molar-refractivity contribution < 1.29 is 13.6 Å². The summed E-state index contributed by atoms with van der Waals surface area (Å²) in [4.78, 5) is 0. The van der Waals surface area contributed by atoms with Gasteiger partial charge in [-0.2, -0.15) is 0 Å². The van der Waals surface area contributed by atoms with Gasteiger partial charge in [-0.05, 0) is 12.8 Å². The largest absolute Gasteiger partial charge is 0.342 e. The van der Waals surface area contributed by atoms with E-state index < -0.39 is 7.60 Å². The molecular weight excluding hydrogens is 187 g/mol. The summed E-state index contributed by atoms with van der Waals surface area (Å²) in [7, 11) is -2.99. The lowest BCUT2D eigenvalue weighted by atomic mass is 10.5. The molecule has 0 atom stereocenters. The molecule has 0 amide bonds. The first-order valence-electron chi connectivity index (χ1n) is 4.50. The van der Waals surface area contributed by atoms with Gasteiger partial charge in [0, 0.05) is 0 Å². The van der Waals surface area contributed by atoms with Crippen molar-refractivity contribution in [2.75, 3.05) is 19.4 Å².